The molecule has 2 heterocycles. The fraction of sp³-hybridized carbons (Fsp3) is 0.667. The van der Waals surface area contributed by atoms with Crippen molar-refractivity contribution in [1.82, 2.24) is 9.55 Å². The van der Waals surface area contributed by atoms with E-state index in [1.807, 2.05) is 13.8 Å². The monoisotopic (exact) mass is 268 g/mol. The molecule has 0 aliphatic carbocycles. The van der Waals surface area contributed by atoms with Gasteiger partial charge in [-0.25, -0.2) is 4.79 Å². The number of anilines is 2. The average Bonchev–Trinajstić information content (AvgIpc) is 2.76. The van der Waals surface area contributed by atoms with E-state index in [0.29, 0.717) is 13.2 Å². The lowest BCUT2D eigenvalue weighted by atomic mass is 10.1. The van der Waals surface area contributed by atoms with Crippen LogP contribution in [0.2, 0.25) is 0 Å². The van der Waals surface area contributed by atoms with Crippen molar-refractivity contribution in [1.29, 1.82) is 0 Å². The molecule has 2 unspecified atom stereocenters. The minimum absolute atomic E-state index is 0.0188. The third-order valence-corrected chi connectivity index (χ3v) is 3.39. The molecular formula is C12H20N4O3. The van der Waals surface area contributed by atoms with Gasteiger partial charge in [0.25, 0.3) is 5.56 Å². The van der Waals surface area contributed by atoms with E-state index in [9.17, 15) is 9.59 Å². The molecule has 4 N–H and O–H groups in total. The predicted molar refractivity (Wildman–Crippen MR) is 73.5 cm³/mol. The van der Waals surface area contributed by atoms with Gasteiger partial charge < -0.3 is 15.8 Å². The Bertz CT molecular complexity index is 563. The van der Waals surface area contributed by atoms with Crippen LogP contribution in [0, 0.1) is 0 Å². The lowest BCUT2D eigenvalue weighted by molar-refractivity contribution is 0.121. The number of rotatable bonds is 4. The molecule has 1 aromatic rings. The van der Waals surface area contributed by atoms with Crippen molar-refractivity contribution in [2.45, 2.75) is 45.4 Å². The van der Waals surface area contributed by atoms with Crippen LogP contribution in [-0.4, -0.2) is 28.3 Å². The number of H-pyrrole nitrogens is 1. The largest absolute Gasteiger partial charge is 0.383 e. The van der Waals surface area contributed by atoms with Crippen LogP contribution in [0.3, 0.4) is 0 Å². The fourth-order valence-electron chi connectivity index (χ4n) is 2.28. The van der Waals surface area contributed by atoms with Crippen molar-refractivity contribution in [3.8, 4) is 0 Å². The van der Waals surface area contributed by atoms with Crippen LogP contribution in [0.15, 0.2) is 9.59 Å². The maximum absolute atomic E-state index is 11.9. The van der Waals surface area contributed by atoms with Crippen molar-refractivity contribution >= 4 is 11.5 Å². The third kappa shape index (κ3) is 2.65. The summed E-state index contributed by atoms with van der Waals surface area (Å²) in [6, 6.07) is 0.0379. The zero-order valence-electron chi connectivity index (χ0n) is 11.2. The minimum atomic E-state index is -0.478. The molecular weight excluding hydrogens is 248 g/mol. The summed E-state index contributed by atoms with van der Waals surface area (Å²) in [6.07, 6.45) is 1.59. The van der Waals surface area contributed by atoms with Gasteiger partial charge in [0.05, 0.1) is 12.1 Å². The van der Waals surface area contributed by atoms with E-state index < -0.39 is 11.2 Å². The van der Waals surface area contributed by atoms with Gasteiger partial charge in [-0.2, -0.15) is 0 Å². The predicted octanol–water partition coefficient (Wildman–Crippen LogP) is 0.118. The number of aromatic amines is 1. The Kier molecular flexibility index (Phi) is 3.94. The van der Waals surface area contributed by atoms with Gasteiger partial charge in [-0.15, -0.1) is 0 Å². The SMILES string of the molecule is CCCn1c(N)c(NC2CCOC2C)c(=O)[nH]c1=O. The van der Waals surface area contributed by atoms with Crippen LogP contribution in [-0.2, 0) is 11.3 Å². The highest BCUT2D eigenvalue weighted by Crippen LogP contribution is 2.19. The van der Waals surface area contributed by atoms with Crippen molar-refractivity contribution in [2.75, 3.05) is 17.7 Å². The highest BCUT2D eigenvalue weighted by atomic mass is 16.5. The van der Waals surface area contributed by atoms with Crippen LogP contribution >= 0.6 is 0 Å². The van der Waals surface area contributed by atoms with E-state index in [2.05, 4.69) is 10.3 Å². The molecule has 1 saturated heterocycles. The van der Waals surface area contributed by atoms with Crippen molar-refractivity contribution < 1.29 is 4.74 Å². The lowest BCUT2D eigenvalue weighted by Crippen LogP contribution is -2.37. The number of ether oxygens (including phenoxy) is 1. The number of nitrogen functional groups attached to an aromatic ring is 1. The maximum atomic E-state index is 11.9. The third-order valence-electron chi connectivity index (χ3n) is 3.39. The number of hydrogen-bond acceptors (Lipinski definition) is 5. The summed E-state index contributed by atoms with van der Waals surface area (Å²) in [4.78, 5) is 25.8. The van der Waals surface area contributed by atoms with E-state index in [1.54, 1.807) is 0 Å². The highest BCUT2D eigenvalue weighted by molar-refractivity contribution is 5.61. The van der Waals surface area contributed by atoms with Crippen LogP contribution < -0.4 is 22.3 Å². The first-order valence-corrected chi connectivity index (χ1v) is 6.55. The van der Waals surface area contributed by atoms with Gasteiger partial charge in [0.2, 0.25) is 0 Å². The molecule has 7 heteroatoms. The van der Waals surface area contributed by atoms with E-state index in [0.717, 1.165) is 12.8 Å². The molecule has 0 aromatic carbocycles. The highest BCUT2D eigenvalue weighted by Gasteiger charge is 2.26. The first-order chi connectivity index (χ1) is 9.04. The van der Waals surface area contributed by atoms with E-state index in [-0.39, 0.29) is 23.7 Å². The second-order valence-electron chi connectivity index (χ2n) is 4.79. The molecule has 0 radical (unpaired) electrons. The van der Waals surface area contributed by atoms with Gasteiger partial charge in [0.15, 0.2) is 0 Å². The molecule has 2 atom stereocenters. The van der Waals surface area contributed by atoms with Crippen molar-refractivity contribution in [2.24, 2.45) is 0 Å². The number of hydrogen-bond donors (Lipinski definition) is 3. The Morgan fingerprint density at radius 1 is 1.53 bits per heavy atom. The summed E-state index contributed by atoms with van der Waals surface area (Å²) in [5.41, 5.74) is 5.25. The standard InChI is InChI=1S/C12H20N4O3/c1-3-5-16-10(13)9(11(17)15-12(16)18)14-8-4-6-19-7(8)2/h7-8,14H,3-6,13H2,1-2H3,(H,15,17,18). The number of nitrogens with one attached hydrogen (secondary N) is 2. The first-order valence-electron chi connectivity index (χ1n) is 6.55. The topological polar surface area (TPSA) is 102 Å². The Morgan fingerprint density at radius 2 is 2.26 bits per heavy atom. The first kappa shape index (κ1) is 13.7. The fourth-order valence-corrected chi connectivity index (χ4v) is 2.28. The lowest BCUT2D eigenvalue weighted by Gasteiger charge is -2.19. The molecule has 2 rings (SSSR count). The molecule has 1 fully saturated rings. The summed E-state index contributed by atoms with van der Waals surface area (Å²) < 4.78 is 6.81. The van der Waals surface area contributed by atoms with Gasteiger partial charge in [-0.1, -0.05) is 6.92 Å². The van der Waals surface area contributed by atoms with Crippen LogP contribution in [0.4, 0.5) is 11.5 Å². The zero-order chi connectivity index (χ0) is 14.0. The van der Waals surface area contributed by atoms with Gasteiger partial charge in [-0.05, 0) is 19.8 Å². The molecule has 106 valence electrons. The number of aromatic nitrogens is 2. The van der Waals surface area contributed by atoms with Crippen molar-refractivity contribution in [3.63, 3.8) is 0 Å². The summed E-state index contributed by atoms with van der Waals surface area (Å²) in [7, 11) is 0. The Hall–Kier alpha value is -1.76. The quantitative estimate of drug-likeness (QED) is 0.719. The molecule has 0 amide bonds. The van der Waals surface area contributed by atoms with Crippen LogP contribution in [0.1, 0.15) is 26.7 Å². The van der Waals surface area contributed by atoms with Gasteiger partial charge in [0, 0.05) is 13.2 Å². The summed E-state index contributed by atoms with van der Waals surface area (Å²) in [5, 5.41) is 3.10. The smallest absolute Gasteiger partial charge is 0.330 e. The summed E-state index contributed by atoms with van der Waals surface area (Å²) in [5.74, 6) is 0.190. The summed E-state index contributed by atoms with van der Waals surface area (Å²) >= 11 is 0. The van der Waals surface area contributed by atoms with Crippen molar-refractivity contribution in [3.05, 3.63) is 20.8 Å². The number of nitrogens with zero attached hydrogens (tertiary/aromatic N) is 1. The van der Waals surface area contributed by atoms with Crippen LogP contribution in [0.5, 0.6) is 0 Å². The Labute approximate surface area is 110 Å². The van der Waals surface area contributed by atoms with Crippen LogP contribution in [0.25, 0.3) is 0 Å². The normalized spacial score (nSPS) is 22.6. The second kappa shape index (κ2) is 5.48. The molecule has 1 aromatic heterocycles. The molecule has 7 nitrogen and oxygen atoms in total. The zero-order valence-corrected chi connectivity index (χ0v) is 11.2. The van der Waals surface area contributed by atoms with E-state index in [1.165, 1.54) is 4.57 Å². The maximum Gasteiger partial charge on any atom is 0.330 e. The molecule has 0 bridgehead atoms. The molecule has 0 spiro atoms. The molecule has 1 aliphatic heterocycles. The summed E-state index contributed by atoms with van der Waals surface area (Å²) in [6.45, 7) is 5.02. The minimum Gasteiger partial charge on any atom is -0.383 e. The van der Waals surface area contributed by atoms with Gasteiger partial charge in [0.1, 0.15) is 11.5 Å². The van der Waals surface area contributed by atoms with Gasteiger partial charge >= 0.3 is 5.69 Å². The van der Waals surface area contributed by atoms with Gasteiger partial charge in [-0.3, -0.25) is 14.3 Å². The average molecular weight is 268 g/mol. The second-order valence-corrected chi connectivity index (χ2v) is 4.79. The van der Waals surface area contributed by atoms with E-state index >= 15 is 0 Å². The molecule has 0 saturated carbocycles. The number of nitrogens with two attached hydrogens (primary N) is 1. The molecule has 1 aliphatic rings. The molecule has 19 heavy (non-hydrogen) atoms. The Balaban J connectivity index is 2.36. The van der Waals surface area contributed by atoms with E-state index in [4.69, 9.17) is 10.5 Å². The Morgan fingerprint density at radius 3 is 2.84 bits per heavy atom.